The molecule has 0 aromatic carbocycles. The first-order valence-electron chi connectivity index (χ1n) is 3.52. The summed E-state index contributed by atoms with van der Waals surface area (Å²) in [4.78, 5) is 4.24. The molecule has 0 bridgehead atoms. The highest BCUT2D eigenvalue weighted by molar-refractivity contribution is 5.32. The van der Waals surface area contributed by atoms with Crippen molar-refractivity contribution in [3.8, 4) is 0 Å². The minimum Gasteiger partial charge on any atom is -0.261 e. The van der Waals surface area contributed by atoms with Gasteiger partial charge in [-0.1, -0.05) is 0 Å². The Bertz CT molecular complexity index is 224. The smallest absolute Gasteiger partial charge is 0.0404 e. The van der Waals surface area contributed by atoms with Crippen LogP contribution >= 0.6 is 0 Å². The Balaban J connectivity index is 3.34. The van der Waals surface area contributed by atoms with Gasteiger partial charge in [-0.25, -0.2) is 0 Å². The first-order valence-corrected chi connectivity index (χ1v) is 3.52. The van der Waals surface area contributed by atoms with Crippen LogP contribution in [0.25, 0.3) is 0 Å². The zero-order valence-electron chi connectivity index (χ0n) is 7.02. The van der Waals surface area contributed by atoms with Crippen LogP contribution in [-0.4, -0.2) is 4.98 Å². The van der Waals surface area contributed by atoms with Crippen LogP contribution in [-0.2, 0) is 0 Å². The molecule has 0 atom stereocenters. The maximum Gasteiger partial charge on any atom is 0.0404 e. The maximum absolute atomic E-state index is 4.24. The minimum absolute atomic E-state index is 1.14. The van der Waals surface area contributed by atoms with E-state index in [0.29, 0.717) is 0 Å². The zero-order chi connectivity index (χ0) is 7.72. The number of nitrogens with zero attached hydrogens (tertiary/aromatic N) is 1. The fourth-order valence-corrected chi connectivity index (χ4v) is 0.954. The summed E-state index contributed by atoms with van der Waals surface area (Å²) in [5, 5.41) is 0. The molecular formula is C9H13N. The molecule has 1 heteroatoms. The lowest BCUT2D eigenvalue weighted by Crippen LogP contribution is -1.92. The first kappa shape index (κ1) is 7.26. The number of hydrogen-bond donors (Lipinski definition) is 0. The summed E-state index contributed by atoms with van der Waals surface area (Å²) >= 11 is 0. The van der Waals surface area contributed by atoms with E-state index < -0.39 is 0 Å². The lowest BCUT2D eigenvalue weighted by molar-refractivity contribution is 1.09. The minimum atomic E-state index is 1.14. The Kier molecular flexibility index (Phi) is 1.75. The molecule has 0 aliphatic carbocycles. The van der Waals surface area contributed by atoms with Gasteiger partial charge in [0, 0.05) is 11.9 Å². The molecule has 0 N–H and O–H groups in total. The lowest BCUT2D eigenvalue weighted by Gasteiger charge is -2.05. The average Bonchev–Trinajstić information content (AvgIpc) is 1.93. The second kappa shape index (κ2) is 2.41. The Hall–Kier alpha value is -0.850. The number of pyridine rings is 1. The molecule has 1 aromatic rings. The Morgan fingerprint density at radius 1 is 1.00 bits per heavy atom. The number of rotatable bonds is 0. The quantitative estimate of drug-likeness (QED) is 0.532. The molecule has 0 amide bonds. The summed E-state index contributed by atoms with van der Waals surface area (Å²) in [6.07, 6.45) is 1.93. The van der Waals surface area contributed by atoms with Crippen molar-refractivity contribution in [2.75, 3.05) is 0 Å². The summed E-state index contributed by atoms with van der Waals surface area (Å²) < 4.78 is 0. The predicted octanol–water partition coefficient (Wildman–Crippen LogP) is 2.32. The van der Waals surface area contributed by atoms with E-state index in [1.54, 1.807) is 0 Å². The van der Waals surface area contributed by atoms with Crippen molar-refractivity contribution < 1.29 is 0 Å². The monoisotopic (exact) mass is 135 g/mol. The molecule has 0 saturated heterocycles. The topological polar surface area (TPSA) is 12.9 Å². The van der Waals surface area contributed by atoms with Gasteiger partial charge in [0.25, 0.3) is 0 Å². The Labute approximate surface area is 62.1 Å². The largest absolute Gasteiger partial charge is 0.261 e. The van der Waals surface area contributed by atoms with Crippen LogP contribution in [0.5, 0.6) is 0 Å². The molecule has 0 aliphatic rings. The molecule has 1 aromatic heterocycles. The van der Waals surface area contributed by atoms with E-state index in [0.717, 1.165) is 5.69 Å². The third-order valence-corrected chi connectivity index (χ3v) is 2.15. The van der Waals surface area contributed by atoms with Crippen LogP contribution in [0.15, 0.2) is 6.20 Å². The van der Waals surface area contributed by atoms with E-state index >= 15 is 0 Å². The number of hydrogen-bond acceptors (Lipinski definition) is 1. The van der Waals surface area contributed by atoms with Crippen molar-refractivity contribution in [2.45, 2.75) is 27.7 Å². The van der Waals surface area contributed by atoms with E-state index in [-0.39, 0.29) is 0 Å². The number of aromatic nitrogens is 1. The van der Waals surface area contributed by atoms with Crippen LogP contribution in [0.1, 0.15) is 22.4 Å². The highest BCUT2D eigenvalue weighted by Gasteiger charge is 1.98. The second-order valence-electron chi connectivity index (χ2n) is 2.78. The summed E-state index contributed by atoms with van der Waals surface area (Å²) in [5.41, 5.74) is 5.11. The van der Waals surface area contributed by atoms with E-state index in [1.165, 1.54) is 16.7 Å². The Morgan fingerprint density at radius 3 is 2.10 bits per heavy atom. The van der Waals surface area contributed by atoms with Crippen molar-refractivity contribution in [1.82, 2.24) is 4.98 Å². The SMILES string of the molecule is Cc1cnc(C)c(C)c1C. The van der Waals surface area contributed by atoms with Crippen molar-refractivity contribution in [1.29, 1.82) is 0 Å². The van der Waals surface area contributed by atoms with Crippen molar-refractivity contribution in [3.05, 3.63) is 28.6 Å². The van der Waals surface area contributed by atoms with Crippen LogP contribution in [0.4, 0.5) is 0 Å². The molecule has 1 rings (SSSR count). The molecule has 0 saturated carbocycles. The third-order valence-electron chi connectivity index (χ3n) is 2.15. The highest BCUT2D eigenvalue weighted by atomic mass is 14.7. The second-order valence-corrected chi connectivity index (χ2v) is 2.78. The van der Waals surface area contributed by atoms with Gasteiger partial charge < -0.3 is 0 Å². The average molecular weight is 135 g/mol. The molecule has 0 aliphatic heterocycles. The van der Waals surface area contributed by atoms with Gasteiger partial charge in [0.15, 0.2) is 0 Å². The fourth-order valence-electron chi connectivity index (χ4n) is 0.954. The molecule has 1 nitrogen and oxygen atoms in total. The molecule has 0 unspecified atom stereocenters. The van der Waals surface area contributed by atoms with Crippen LogP contribution < -0.4 is 0 Å². The van der Waals surface area contributed by atoms with E-state index in [9.17, 15) is 0 Å². The predicted molar refractivity (Wildman–Crippen MR) is 43.2 cm³/mol. The van der Waals surface area contributed by atoms with Crippen molar-refractivity contribution >= 4 is 0 Å². The Morgan fingerprint density at radius 2 is 1.60 bits per heavy atom. The summed E-state index contributed by atoms with van der Waals surface area (Å²) in [7, 11) is 0. The van der Waals surface area contributed by atoms with Crippen LogP contribution in [0.2, 0.25) is 0 Å². The van der Waals surface area contributed by atoms with E-state index in [1.807, 2.05) is 13.1 Å². The fraction of sp³-hybridized carbons (Fsp3) is 0.444. The van der Waals surface area contributed by atoms with E-state index in [2.05, 4.69) is 25.8 Å². The zero-order valence-corrected chi connectivity index (χ0v) is 7.02. The van der Waals surface area contributed by atoms with Gasteiger partial charge in [-0.15, -0.1) is 0 Å². The van der Waals surface area contributed by atoms with Crippen molar-refractivity contribution in [2.24, 2.45) is 0 Å². The molecule has 0 fully saturated rings. The molecule has 1 heterocycles. The maximum atomic E-state index is 4.24. The van der Waals surface area contributed by atoms with Gasteiger partial charge in [0.05, 0.1) is 0 Å². The van der Waals surface area contributed by atoms with Crippen LogP contribution in [0.3, 0.4) is 0 Å². The van der Waals surface area contributed by atoms with Gasteiger partial charge in [-0.2, -0.15) is 0 Å². The van der Waals surface area contributed by atoms with Crippen molar-refractivity contribution in [3.63, 3.8) is 0 Å². The van der Waals surface area contributed by atoms with Gasteiger partial charge in [0.1, 0.15) is 0 Å². The van der Waals surface area contributed by atoms with Gasteiger partial charge in [-0.05, 0) is 44.4 Å². The summed E-state index contributed by atoms with van der Waals surface area (Å²) in [6.45, 7) is 8.39. The molecule has 10 heavy (non-hydrogen) atoms. The standard InChI is InChI=1S/C9H13N/c1-6-5-10-9(4)8(3)7(6)2/h5H,1-4H3. The van der Waals surface area contributed by atoms with Crippen LogP contribution in [0, 0.1) is 27.7 Å². The third kappa shape index (κ3) is 1.04. The molecule has 0 radical (unpaired) electrons. The number of aryl methyl sites for hydroxylation is 2. The summed E-state index contributed by atoms with van der Waals surface area (Å²) in [5.74, 6) is 0. The normalized spacial score (nSPS) is 10.0. The van der Waals surface area contributed by atoms with Gasteiger partial charge in [-0.3, -0.25) is 4.98 Å². The summed E-state index contributed by atoms with van der Waals surface area (Å²) in [6, 6.07) is 0. The first-order chi connectivity index (χ1) is 4.63. The lowest BCUT2D eigenvalue weighted by atomic mass is 10.1. The molecule has 54 valence electrons. The highest BCUT2D eigenvalue weighted by Crippen LogP contribution is 2.12. The van der Waals surface area contributed by atoms with Gasteiger partial charge >= 0.3 is 0 Å². The molecular weight excluding hydrogens is 122 g/mol. The van der Waals surface area contributed by atoms with E-state index in [4.69, 9.17) is 0 Å². The van der Waals surface area contributed by atoms with Gasteiger partial charge in [0.2, 0.25) is 0 Å². The molecule has 0 spiro atoms.